The Kier molecular flexibility index (Phi) is 4.58. The Morgan fingerprint density at radius 2 is 2.11 bits per heavy atom. The van der Waals surface area contributed by atoms with Crippen LogP contribution < -0.4 is 10.6 Å². The topological polar surface area (TPSA) is 49.8 Å². The van der Waals surface area contributed by atoms with Crippen molar-refractivity contribution >= 4 is 33.3 Å². The highest BCUT2D eigenvalue weighted by atomic mass is 32.1. The number of hydrogen-bond acceptors (Lipinski definition) is 5. The van der Waals surface area contributed by atoms with Crippen molar-refractivity contribution in [2.45, 2.75) is 33.6 Å². The smallest absolute Gasteiger partial charge is 0.225 e. The van der Waals surface area contributed by atoms with Gasteiger partial charge in [0.2, 0.25) is 5.95 Å². The molecule has 0 aliphatic heterocycles. The first-order valence-corrected chi connectivity index (χ1v) is 7.71. The van der Waals surface area contributed by atoms with Crippen LogP contribution >= 0.6 is 11.3 Å². The molecule has 2 N–H and O–H groups in total. The van der Waals surface area contributed by atoms with E-state index in [1.165, 1.54) is 11.3 Å². The lowest BCUT2D eigenvalue weighted by atomic mass is 10.1. The van der Waals surface area contributed by atoms with Gasteiger partial charge in [0, 0.05) is 18.5 Å². The highest BCUT2D eigenvalue weighted by Gasteiger charge is 2.11. The minimum absolute atomic E-state index is 0.646. The van der Waals surface area contributed by atoms with Crippen LogP contribution in [-0.4, -0.2) is 23.6 Å². The molecule has 0 saturated carbocycles. The Hall–Kier alpha value is -1.36. The molecule has 1 atom stereocenters. The summed E-state index contributed by atoms with van der Waals surface area (Å²) >= 11 is 1.75. The fourth-order valence-corrected chi connectivity index (χ4v) is 2.77. The molecule has 0 aliphatic carbocycles. The molecule has 0 spiro atoms. The number of aromatic nitrogens is 2. The molecule has 0 aromatic carbocycles. The van der Waals surface area contributed by atoms with Gasteiger partial charge in [-0.1, -0.05) is 27.2 Å². The van der Waals surface area contributed by atoms with Gasteiger partial charge >= 0.3 is 0 Å². The molecule has 2 heterocycles. The second kappa shape index (κ2) is 6.19. The van der Waals surface area contributed by atoms with Gasteiger partial charge in [-0.3, -0.25) is 0 Å². The quantitative estimate of drug-likeness (QED) is 0.845. The molecule has 5 heteroatoms. The van der Waals surface area contributed by atoms with E-state index in [1.54, 1.807) is 11.3 Å². The second-order valence-electron chi connectivity index (χ2n) is 4.83. The largest absolute Gasteiger partial charge is 0.369 e. The predicted molar refractivity (Wildman–Crippen MR) is 84.3 cm³/mol. The van der Waals surface area contributed by atoms with Gasteiger partial charge in [0.15, 0.2) is 0 Å². The minimum atomic E-state index is 0.646. The summed E-state index contributed by atoms with van der Waals surface area (Å²) in [5.74, 6) is 2.28. The summed E-state index contributed by atoms with van der Waals surface area (Å²) in [6.07, 6.45) is 2.21. The fourth-order valence-electron chi connectivity index (χ4n) is 1.81. The van der Waals surface area contributed by atoms with E-state index >= 15 is 0 Å². The SMILES string of the molecule is CCc1cc2c(NCC(C)CC)nc(NC)nc2s1. The Labute approximate surface area is 118 Å². The highest BCUT2D eigenvalue weighted by Crippen LogP contribution is 2.30. The lowest BCUT2D eigenvalue weighted by Crippen LogP contribution is -2.12. The third kappa shape index (κ3) is 3.15. The normalized spacial score (nSPS) is 12.6. The molecule has 0 bridgehead atoms. The number of nitrogens with zero attached hydrogens (tertiary/aromatic N) is 2. The van der Waals surface area contributed by atoms with Gasteiger partial charge in [-0.2, -0.15) is 4.98 Å². The number of thiophene rings is 1. The minimum Gasteiger partial charge on any atom is -0.369 e. The van der Waals surface area contributed by atoms with Crippen molar-refractivity contribution < 1.29 is 0 Å². The van der Waals surface area contributed by atoms with Gasteiger partial charge in [-0.25, -0.2) is 4.98 Å². The Morgan fingerprint density at radius 3 is 2.74 bits per heavy atom. The van der Waals surface area contributed by atoms with Gasteiger partial charge in [0.25, 0.3) is 0 Å². The predicted octanol–water partition coefficient (Wildman–Crippen LogP) is 3.75. The zero-order valence-electron chi connectivity index (χ0n) is 12.1. The molecule has 0 aliphatic rings. The van der Waals surface area contributed by atoms with Crippen LogP contribution in [0.15, 0.2) is 6.07 Å². The molecule has 0 fully saturated rings. The number of hydrogen-bond donors (Lipinski definition) is 2. The van der Waals surface area contributed by atoms with Crippen LogP contribution in [0.1, 0.15) is 32.1 Å². The summed E-state index contributed by atoms with van der Waals surface area (Å²) in [7, 11) is 1.86. The van der Waals surface area contributed by atoms with E-state index in [0.717, 1.165) is 29.0 Å². The van der Waals surface area contributed by atoms with E-state index in [0.29, 0.717) is 11.9 Å². The van der Waals surface area contributed by atoms with E-state index in [4.69, 9.17) is 0 Å². The molecule has 2 rings (SSSR count). The van der Waals surface area contributed by atoms with E-state index in [-0.39, 0.29) is 0 Å². The summed E-state index contributed by atoms with van der Waals surface area (Å²) < 4.78 is 0. The number of fused-ring (bicyclic) bond motifs is 1. The fraction of sp³-hybridized carbons (Fsp3) is 0.571. The zero-order chi connectivity index (χ0) is 13.8. The van der Waals surface area contributed by atoms with Crippen molar-refractivity contribution in [3.05, 3.63) is 10.9 Å². The van der Waals surface area contributed by atoms with Gasteiger partial charge in [-0.15, -0.1) is 11.3 Å². The Morgan fingerprint density at radius 1 is 1.32 bits per heavy atom. The Bertz CT molecular complexity index is 550. The van der Waals surface area contributed by atoms with E-state index in [1.807, 2.05) is 7.05 Å². The molecule has 19 heavy (non-hydrogen) atoms. The van der Waals surface area contributed by atoms with Crippen LogP contribution in [0.25, 0.3) is 10.2 Å². The highest BCUT2D eigenvalue weighted by molar-refractivity contribution is 7.18. The van der Waals surface area contributed by atoms with Crippen LogP contribution in [0, 0.1) is 5.92 Å². The average Bonchev–Trinajstić information content (AvgIpc) is 2.86. The van der Waals surface area contributed by atoms with Crippen molar-refractivity contribution in [3.8, 4) is 0 Å². The maximum atomic E-state index is 4.55. The van der Waals surface area contributed by atoms with Crippen molar-refractivity contribution in [2.24, 2.45) is 5.92 Å². The van der Waals surface area contributed by atoms with Crippen molar-refractivity contribution in [2.75, 3.05) is 24.2 Å². The summed E-state index contributed by atoms with van der Waals surface area (Å²) in [5.41, 5.74) is 0. The van der Waals surface area contributed by atoms with Gasteiger partial charge in [-0.05, 0) is 18.4 Å². The summed E-state index contributed by atoms with van der Waals surface area (Å²) in [5, 5.41) is 7.64. The number of anilines is 2. The zero-order valence-corrected chi connectivity index (χ0v) is 12.9. The average molecular weight is 278 g/mol. The van der Waals surface area contributed by atoms with Crippen LogP contribution in [0.4, 0.5) is 11.8 Å². The summed E-state index contributed by atoms with van der Waals surface area (Å²) in [6.45, 7) is 7.57. The van der Waals surface area contributed by atoms with Crippen LogP contribution in [0.2, 0.25) is 0 Å². The van der Waals surface area contributed by atoms with E-state index in [2.05, 4.69) is 47.4 Å². The number of rotatable bonds is 6. The molecule has 2 aromatic heterocycles. The Balaban J connectivity index is 2.35. The second-order valence-corrected chi connectivity index (χ2v) is 5.94. The molecule has 4 nitrogen and oxygen atoms in total. The van der Waals surface area contributed by atoms with Crippen molar-refractivity contribution in [1.29, 1.82) is 0 Å². The number of nitrogens with one attached hydrogen (secondary N) is 2. The molecule has 0 saturated heterocycles. The maximum Gasteiger partial charge on any atom is 0.225 e. The van der Waals surface area contributed by atoms with Crippen molar-refractivity contribution in [1.82, 2.24) is 9.97 Å². The third-order valence-corrected chi connectivity index (χ3v) is 4.50. The number of aryl methyl sites for hydroxylation is 1. The first kappa shape index (κ1) is 14.1. The summed E-state index contributed by atoms with van der Waals surface area (Å²) in [4.78, 5) is 11.5. The van der Waals surface area contributed by atoms with Crippen LogP contribution in [0.3, 0.4) is 0 Å². The van der Waals surface area contributed by atoms with Gasteiger partial charge in [0.05, 0.1) is 5.39 Å². The van der Waals surface area contributed by atoms with E-state index < -0.39 is 0 Å². The molecule has 104 valence electrons. The molecule has 2 aromatic rings. The van der Waals surface area contributed by atoms with E-state index in [9.17, 15) is 0 Å². The third-order valence-electron chi connectivity index (χ3n) is 3.33. The lowest BCUT2D eigenvalue weighted by molar-refractivity contribution is 0.593. The molecular formula is C14H22N4S. The van der Waals surface area contributed by atoms with Crippen LogP contribution in [0.5, 0.6) is 0 Å². The first-order chi connectivity index (χ1) is 9.17. The molecular weight excluding hydrogens is 256 g/mol. The monoisotopic (exact) mass is 278 g/mol. The maximum absolute atomic E-state index is 4.55. The van der Waals surface area contributed by atoms with Crippen LogP contribution in [-0.2, 0) is 6.42 Å². The van der Waals surface area contributed by atoms with Gasteiger partial charge < -0.3 is 10.6 Å². The molecule has 0 radical (unpaired) electrons. The van der Waals surface area contributed by atoms with Gasteiger partial charge in [0.1, 0.15) is 10.6 Å². The standard InChI is InChI=1S/C14H22N4S/c1-5-9(3)8-16-12-11-7-10(6-2)19-13(11)18-14(15-4)17-12/h7,9H,5-6,8H2,1-4H3,(H2,15,16,17,18). The first-order valence-electron chi connectivity index (χ1n) is 6.90. The van der Waals surface area contributed by atoms with Crippen molar-refractivity contribution in [3.63, 3.8) is 0 Å². The molecule has 1 unspecified atom stereocenters. The molecule has 0 amide bonds. The lowest BCUT2D eigenvalue weighted by Gasteiger charge is -2.12. The summed E-state index contributed by atoms with van der Waals surface area (Å²) in [6, 6.07) is 2.21.